The van der Waals surface area contributed by atoms with Gasteiger partial charge in [0.05, 0.1) is 16.6 Å². The van der Waals surface area contributed by atoms with Gasteiger partial charge in [0.1, 0.15) is 23.2 Å². The molecule has 1 saturated heterocycles. The summed E-state index contributed by atoms with van der Waals surface area (Å²) in [4.78, 5) is 45.7. The van der Waals surface area contributed by atoms with Crippen LogP contribution in [0.3, 0.4) is 0 Å². The van der Waals surface area contributed by atoms with Crippen LogP contribution in [0.15, 0.2) is 30.7 Å². The molecule has 2 amide bonds. The van der Waals surface area contributed by atoms with E-state index in [0.29, 0.717) is 16.8 Å². The molecule has 2 aliphatic heterocycles. The number of fused-ring (bicyclic) bond motifs is 2. The third-order valence-corrected chi connectivity index (χ3v) is 6.05. The Morgan fingerprint density at radius 1 is 1.33 bits per heavy atom. The average Bonchev–Trinajstić information content (AvgIpc) is 3.46. The number of hydrogen-bond donors (Lipinski definition) is 5. The first-order chi connectivity index (χ1) is 15.9. The molecular formula is C21H22N6O5S. The molecule has 0 saturated carbocycles. The minimum absolute atomic E-state index is 0.0265. The Morgan fingerprint density at radius 2 is 2.18 bits per heavy atom. The molecule has 11 nitrogen and oxygen atoms in total. The highest BCUT2D eigenvalue weighted by molar-refractivity contribution is 8.00. The van der Waals surface area contributed by atoms with Crippen molar-refractivity contribution < 1.29 is 24.2 Å². The molecule has 1 aromatic carbocycles. The molecule has 1 fully saturated rings. The number of nitrogens with one attached hydrogen (secondary N) is 4. The topological polar surface area (TPSA) is 158 Å². The van der Waals surface area contributed by atoms with E-state index in [-0.39, 0.29) is 41.3 Å². The molecule has 0 spiro atoms. The van der Waals surface area contributed by atoms with E-state index in [1.165, 1.54) is 18.5 Å². The summed E-state index contributed by atoms with van der Waals surface area (Å²) >= 11 is 1.99. The molecule has 2 aliphatic rings. The number of aromatic amines is 1. The van der Waals surface area contributed by atoms with Crippen LogP contribution in [0.1, 0.15) is 33.3 Å². The van der Waals surface area contributed by atoms with E-state index in [2.05, 4.69) is 37.8 Å². The first-order valence-electron chi connectivity index (χ1n) is 10.2. The van der Waals surface area contributed by atoms with Crippen molar-refractivity contribution in [3.63, 3.8) is 0 Å². The lowest BCUT2D eigenvalue weighted by atomic mass is 10.1. The van der Waals surface area contributed by atoms with E-state index in [1.807, 2.05) is 11.8 Å². The van der Waals surface area contributed by atoms with Crippen LogP contribution in [0.25, 0.3) is 11.0 Å². The number of carbonyl (C=O) groups is 3. The summed E-state index contributed by atoms with van der Waals surface area (Å²) in [5.41, 5.74) is 1.71. The number of aromatic carboxylic acids is 1. The van der Waals surface area contributed by atoms with Crippen LogP contribution in [-0.4, -0.2) is 62.1 Å². The Balaban J connectivity index is 0.000000376. The van der Waals surface area contributed by atoms with Crippen molar-refractivity contribution in [1.82, 2.24) is 25.6 Å². The molecule has 0 radical (unpaired) electrons. The summed E-state index contributed by atoms with van der Waals surface area (Å²) < 4.78 is 5.29. The van der Waals surface area contributed by atoms with E-state index >= 15 is 0 Å². The van der Waals surface area contributed by atoms with Crippen molar-refractivity contribution in [2.45, 2.75) is 18.8 Å². The first kappa shape index (κ1) is 22.6. The van der Waals surface area contributed by atoms with Gasteiger partial charge in [-0.25, -0.2) is 14.8 Å². The monoisotopic (exact) mass is 470 g/mol. The van der Waals surface area contributed by atoms with Gasteiger partial charge < -0.3 is 30.8 Å². The van der Waals surface area contributed by atoms with Crippen molar-refractivity contribution in [3.05, 3.63) is 47.5 Å². The Kier molecular flexibility index (Phi) is 6.75. The van der Waals surface area contributed by atoms with Crippen LogP contribution in [0.2, 0.25) is 0 Å². The van der Waals surface area contributed by atoms with E-state index < -0.39 is 11.9 Å². The lowest BCUT2D eigenvalue weighted by Crippen LogP contribution is -2.26. The standard InChI is InChI=1S/C17H13N5O5.C4H9NS/c23-12-6-27-11-2-1-8(3-10(11)22-12)4-19-16(24)15-14-13(20-7-21-15)9(5-18-14)17(25)26;1-4-5-2-3-6-4/h1-3,5,7,18H,4,6H2,(H,19,24)(H,22,23)(H,25,26);4-5H,2-3H2,1H3. The van der Waals surface area contributed by atoms with Gasteiger partial charge in [-0.15, -0.1) is 11.8 Å². The molecule has 33 heavy (non-hydrogen) atoms. The largest absolute Gasteiger partial charge is 0.482 e. The second kappa shape index (κ2) is 9.88. The molecule has 12 heteroatoms. The van der Waals surface area contributed by atoms with Gasteiger partial charge in [-0.3, -0.25) is 9.59 Å². The molecule has 1 atom stereocenters. The van der Waals surface area contributed by atoms with Crippen molar-refractivity contribution in [2.75, 3.05) is 24.2 Å². The number of aromatic nitrogens is 3. The predicted octanol–water partition coefficient (Wildman–Crippen LogP) is 1.59. The number of carboxylic acid groups (broad SMARTS) is 1. The Labute approximate surface area is 192 Å². The second-order valence-electron chi connectivity index (χ2n) is 7.27. The molecule has 0 aliphatic carbocycles. The SMILES string of the molecule is CC1NCCS1.O=C1COc2ccc(CNC(=O)c3ncnc4c(C(=O)O)c[nH]c34)cc2N1. The highest BCUT2D eigenvalue weighted by Crippen LogP contribution is 2.28. The molecule has 4 heterocycles. The normalized spacial score (nSPS) is 16.8. The van der Waals surface area contributed by atoms with E-state index in [9.17, 15) is 14.4 Å². The maximum absolute atomic E-state index is 12.5. The van der Waals surface area contributed by atoms with Crippen LogP contribution < -0.4 is 20.7 Å². The predicted molar refractivity (Wildman–Crippen MR) is 123 cm³/mol. The molecule has 2 aromatic heterocycles. The zero-order valence-corrected chi connectivity index (χ0v) is 18.5. The Hall–Kier alpha value is -3.64. The number of rotatable bonds is 4. The quantitative estimate of drug-likeness (QED) is 0.382. The van der Waals surface area contributed by atoms with Crippen molar-refractivity contribution in [1.29, 1.82) is 0 Å². The summed E-state index contributed by atoms with van der Waals surface area (Å²) in [5.74, 6) is -0.0205. The Bertz CT molecular complexity index is 1210. The van der Waals surface area contributed by atoms with Crippen LogP contribution in [0, 0.1) is 0 Å². The number of ether oxygens (including phenoxy) is 1. The fraction of sp³-hybridized carbons (Fsp3) is 0.286. The van der Waals surface area contributed by atoms with Crippen LogP contribution in [-0.2, 0) is 11.3 Å². The van der Waals surface area contributed by atoms with Gasteiger partial charge in [-0.05, 0) is 24.6 Å². The first-order valence-corrected chi connectivity index (χ1v) is 11.2. The molecule has 1 unspecified atom stereocenters. The number of benzene rings is 1. The molecule has 5 rings (SSSR count). The van der Waals surface area contributed by atoms with Crippen molar-refractivity contribution in [3.8, 4) is 5.75 Å². The Morgan fingerprint density at radius 3 is 2.88 bits per heavy atom. The summed E-state index contributed by atoms with van der Waals surface area (Å²) in [6.45, 7) is 3.55. The number of H-pyrrole nitrogens is 1. The van der Waals surface area contributed by atoms with Gasteiger partial charge in [0.15, 0.2) is 12.3 Å². The van der Waals surface area contributed by atoms with Gasteiger partial charge in [0.2, 0.25) is 0 Å². The van der Waals surface area contributed by atoms with Crippen LogP contribution in [0.5, 0.6) is 5.75 Å². The van der Waals surface area contributed by atoms with Gasteiger partial charge in [-0.2, -0.15) is 0 Å². The minimum atomic E-state index is -1.15. The third kappa shape index (κ3) is 5.23. The summed E-state index contributed by atoms with van der Waals surface area (Å²) in [5, 5.41) is 18.6. The van der Waals surface area contributed by atoms with Crippen LogP contribution in [0.4, 0.5) is 5.69 Å². The molecule has 172 valence electrons. The maximum atomic E-state index is 12.5. The van der Waals surface area contributed by atoms with Gasteiger partial charge in [0, 0.05) is 25.0 Å². The number of hydrogen-bond acceptors (Lipinski definition) is 8. The second-order valence-corrected chi connectivity index (χ2v) is 8.72. The third-order valence-electron chi connectivity index (χ3n) is 4.94. The summed E-state index contributed by atoms with van der Waals surface area (Å²) in [6.07, 6.45) is 2.41. The van der Waals surface area contributed by atoms with E-state index in [0.717, 1.165) is 11.9 Å². The lowest BCUT2D eigenvalue weighted by molar-refractivity contribution is -0.118. The molecular weight excluding hydrogens is 448 g/mol. The lowest BCUT2D eigenvalue weighted by Gasteiger charge is -2.18. The van der Waals surface area contributed by atoms with Crippen molar-refractivity contribution >= 4 is 46.3 Å². The van der Waals surface area contributed by atoms with Gasteiger partial charge in [-0.1, -0.05) is 6.07 Å². The highest BCUT2D eigenvalue weighted by Gasteiger charge is 2.20. The smallest absolute Gasteiger partial charge is 0.339 e. The highest BCUT2D eigenvalue weighted by atomic mass is 32.2. The number of carboxylic acids is 1. The van der Waals surface area contributed by atoms with Crippen LogP contribution >= 0.6 is 11.8 Å². The molecule has 5 N–H and O–H groups in total. The molecule has 3 aromatic rings. The number of amides is 2. The number of carbonyl (C=O) groups excluding carboxylic acids is 2. The fourth-order valence-electron chi connectivity index (χ4n) is 3.34. The molecule has 0 bridgehead atoms. The van der Waals surface area contributed by atoms with Crippen molar-refractivity contribution in [2.24, 2.45) is 0 Å². The van der Waals surface area contributed by atoms with E-state index in [1.54, 1.807) is 18.2 Å². The zero-order valence-electron chi connectivity index (χ0n) is 17.7. The van der Waals surface area contributed by atoms with Gasteiger partial charge >= 0.3 is 5.97 Å². The maximum Gasteiger partial charge on any atom is 0.339 e. The number of anilines is 1. The fourth-order valence-corrected chi connectivity index (χ4v) is 4.16. The summed E-state index contributed by atoms with van der Waals surface area (Å²) in [7, 11) is 0. The number of thioether (sulfide) groups is 1. The zero-order chi connectivity index (χ0) is 23.4. The van der Waals surface area contributed by atoms with Gasteiger partial charge in [0.25, 0.3) is 11.8 Å². The minimum Gasteiger partial charge on any atom is -0.482 e. The van der Waals surface area contributed by atoms with E-state index in [4.69, 9.17) is 9.84 Å². The average molecular weight is 471 g/mol. The number of nitrogens with zero attached hydrogens (tertiary/aromatic N) is 2. The summed E-state index contributed by atoms with van der Waals surface area (Å²) in [6, 6.07) is 5.19.